The van der Waals surface area contributed by atoms with Crippen molar-refractivity contribution in [2.75, 3.05) is 27.7 Å². The van der Waals surface area contributed by atoms with E-state index < -0.39 is 17.7 Å². The molecule has 0 bridgehead atoms. The van der Waals surface area contributed by atoms with Crippen LogP contribution < -0.4 is 10.6 Å². The summed E-state index contributed by atoms with van der Waals surface area (Å²) < 4.78 is 28.2. The number of aromatic nitrogens is 1. The minimum Gasteiger partial charge on any atom is -0.354 e. The Labute approximate surface area is 150 Å². The molecule has 2 rings (SSSR count). The van der Waals surface area contributed by atoms with Gasteiger partial charge in [-0.3, -0.25) is 4.99 Å². The van der Waals surface area contributed by atoms with Crippen LogP contribution in [0.25, 0.3) is 0 Å². The summed E-state index contributed by atoms with van der Waals surface area (Å²) in [6.07, 6.45) is 1.82. The fraction of sp³-hybridized carbons (Fsp3) is 0.412. The molecule has 1 atom stereocenters. The van der Waals surface area contributed by atoms with Gasteiger partial charge in [-0.2, -0.15) is 0 Å². The molecule has 0 radical (unpaired) electrons. The third-order valence-electron chi connectivity index (χ3n) is 3.72. The van der Waals surface area contributed by atoms with Crippen molar-refractivity contribution in [3.63, 3.8) is 0 Å². The van der Waals surface area contributed by atoms with Crippen LogP contribution in [-0.4, -0.2) is 43.5 Å². The van der Waals surface area contributed by atoms with Gasteiger partial charge in [0.05, 0.1) is 12.6 Å². The van der Waals surface area contributed by atoms with Crippen molar-refractivity contribution in [3.8, 4) is 0 Å². The van der Waals surface area contributed by atoms with E-state index in [1.807, 2.05) is 13.1 Å². The van der Waals surface area contributed by atoms with E-state index in [4.69, 9.17) is 0 Å². The second-order valence-electron chi connectivity index (χ2n) is 5.79. The van der Waals surface area contributed by atoms with Crippen LogP contribution in [0.1, 0.15) is 21.5 Å². The highest BCUT2D eigenvalue weighted by Gasteiger charge is 2.22. The molecule has 1 heterocycles. The molecule has 1 unspecified atom stereocenters. The van der Waals surface area contributed by atoms with Crippen LogP contribution in [0, 0.1) is 18.6 Å². The van der Waals surface area contributed by atoms with Crippen molar-refractivity contribution < 1.29 is 8.78 Å². The van der Waals surface area contributed by atoms with Crippen molar-refractivity contribution >= 4 is 17.3 Å². The lowest BCUT2D eigenvalue weighted by atomic mass is 10.0. The molecule has 0 aliphatic heterocycles. The van der Waals surface area contributed by atoms with E-state index >= 15 is 0 Å². The van der Waals surface area contributed by atoms with Crippen LogP contribution >= 0.6 is 11.3 Å². The van der Waals surface area contributed by atoms with Gasteiger partial charge in [-0.05, 0) is 33.2 Å². The zero-order valence-electron chi connectivity index (χ0n) is 14.8. The van der Waals surface area contributed by atoms with Gasteiger partial charge in [0.1, 0.15) is 16.6 Å². The summed E-state index contributed by atoms with van der Waals surface area (Å²) in [5.74, 6) is -0.556. The number of guanidine groups is 1. The van der Waals surface area contributed by atoms with Crippen LogP contribution in [0.15, 0.2) is 29.4 Å². The second kappa shape index (κ2) is 8.87. The predicted octanol–water partition coefficient (Wildman–Crippen LogP) is 2.70. The van der Waals surface area contributed by atoms with E-state index in [2.05, 4.69) is 20.6 Å². The average Bonchev–Trinajstić information content (AvgIpc) is 2.98. The predicted molar refractivity (Wildman–Crippen MR) is 97.8 cm³/mol. The summed E-state index contributed by atoms with van der Waals surface area (Å²) in [7, 11) is 5.22. The normalized spacial score (nSPS) is 13.2. The zero-order valence-corrected chi connectivity index (χ0v) is 15.6. The number of likely N-dealkylation sites (N-methyl/N-ethyl adjacent to an activating group) is 1. The molecule has 8 heteroatoms. The third-order valence-corrected chi connectivity index (χ3v) is 4.63. The summed E-state index contributed by atoms with van der Waals surface area (Å²) in [6, 6.07) is 3.44. The van der Waals surface area contributed by atoms with E-state index in [0.717, 1.165) is 9.88 Å². The lowest BCUT2D eigenvalue weighted by Crippen LogP contribution is -2.41. The topological polar surface area (TPSA) is 52.6 Å². The lowest BCUT2D eigenvalue weighted by molar-refractivity contribution is 0.282. The number of halogens is 2. The highest BCUT2D eigenvalue weighted by molar-refractivity contribution is 7.11. The molecule has 0 aliphatic carbocycles. The van der Waals surface area contributed by atoms with E-state index in [1.54, 1.807) is 37.4 Å². The number of hydrogen-bond donors (Lipinski definition) is 2. The summed E-state index contributed by atoms with van der Waals surface area (Å²) in [6.45, 7) is 2.85. The fourth-order valence-electron chi connectivity index (χ4n) is 2.43. The van der Waals surface area contributed by atoms with Gasteiger partial charge in [0.15, 0.2) is 5.96 Å². The van der Waals surface area contributed by atoms with E-state index in [9.17, 15) is 8.78 Å². The Kier molecular flexibility index (Phi) is 6.83. The SMILES string of the molecule is CN=C(NCc1ncc(C)s1)NCC(c1c(F)cccc1F)N(C)C. The third kappa shape index (κ3) is 5.20. The molecule has 1 aromatic heterocycles. The largest absolute Gasteiger partial charge is 0.354 e. The highest BCUT2D eigenvalue weighted by atomic mass is 32.1. The Morgan fingerprint density at radius 1 is 1.28 bits per heavy atom. The van der Waals surface area contributed by atoms with Gasteiger partial charge in [0, 0.05) is 30.2 Å². The van der Waals surface area contributed by atoms with E-state index in [-0.39, 0.29) is 5.56 Å². The first-order valence-corrected chi connectivity index (χ1v) is 8.70. The fourth-order valence-corrected chi connectivity index (χ4v) is 3.16. The number of aliphatic imine (C=N–C) groups is 1. The number of rotatable bonds is 6. The monoisotopic (exact) mass is 367 g/mol. The molecule has 0 amide bonds. The van der Waals surface area contributed by atoms with Crippen LogP contribution in [0.5, 0.6) is 0 Å². The minimum atomic E-state index is -0.554. The molecule has 0 aliphatic rings. The van der Waals surface area contributed by atoms with Crippen LogP contribution in [-0.2, 0) is 6.54 Å². The molecule has 0 saturated heterocycles. The van der Waals surface area contributed by atoms with Gasteiger partial charge in [0.2, 0.25) is 0 Å². The number of aryl methyl sites for hydroxylation is 1. The maximum atomic E-state index is 14.1. The van der Waals surface area contributed by atoms with Crippen molar-refractivity contribution in [3.05, 3.63) is 51.5 Å². The second-order valence-corrected chi connectivity index (χ2v) is 7.11. The number of hydrogen-bond acceptors (Lipinski definition) is 4. The van der Waals surface area contributed by atoms with Gasteiger partial charge in [-0.1, -0.05) is 6.07 Å². The molecular weight excluding hydrogens is 344 g/mol. The molecule has 2 aromatic rings. The molecule has 0 spiro atoms. The lowest BCUT2D eigenvalue weighted by Gasteiger charge is -2.26. The first-order valence-electron chi connectivity index (χ1n) is 7.88. The summed E-state index contributed by atoms with van der Waals surface area (Å²) in [4.78, 5) is 11.3. The van der Waals surface area contributed by atoms with Crippen molar-refractivity contribution in [2.45, 2.75) is 19.5 Å². The summed E-state index contributed by atoms with van der Waals surface area (Å²) in [5, 5.41) is 7.23. The Balaban J connectivity index is 2.02. The number of benzene rings is 1. The number of nitrogens with zero attached hydrogens (tertiary/aromatic N) is 3. The summed E-state index contributed by atoms with van der Waals surface area (Å²) in [5.41, 5.74) is 0.0472. The molecule has 136 valence electrons. The standard InChI is InChI=1S/C17H23F2N5S/c1-11-8-21-15(25-11)10-23-17(20-2)22-9-14(24(3)4)16-12(18)6-5-7-13(16)19/h5-8,14H,9-10H2,1-4H3,(H2,20,22,23). The van der Waals surface area contributed by atoms with Crippen molar-refractivity contribution in [1.82, 2.24) is 20.5 Å². The van der Waals surface area contributed by atoms with Crippen LogP contribution in [0.2, 0.25) is 0 Å². The molecule has 25 heavy (non-hydrogen) atoms. The van der Waals surface area contributed by atoms with Crippen LogP contribution in [0.3, 0.4) is 0 Å². The van der Waals surface area contributed by atoms with Crippen molar-refractivity contribution in [2.24, 2.45) is 4.99 Å². The van der Waals surface area contributed by atoms with Gasteiger partial charge < -0.3 is 15.5 Å². The number of thiazole rings is 1. The molecular formula is C17H23F2N5S. The first-order chi connectivity index (χ1) is 11.9. The molecule has 1 aromatic carbocycles. The number of nitrogens with one attached hydrogen (secondary N) is 2. The highest BCUT2D eigenvalue weighted by Crippen LogP contribution is 2.23. The van der Waals surface area contributed by atoms with Gasteiger partial charge in [-0.25, -0.2) is 13.8 Å². The Bertz CT molecular complexity index is 709. The summed E-state index contributed by atoms with van der Waals surface area (Å²) >= 11 is 1.61. The van der Waals surface area contributed by atoms with Gasteiger partial charge >= 0.3 is 0 Å². The zero-order chi connectivity index (χ0) is 18.4. The van der Waals surface area contributed by atoms with Crippen molar-refractivity contribution in [1.29, 1.82) is 0 Å². The minimum absolute atomic E-state index is 0.0472. The van der Waals surface area contributed by atoms with E-state index in [0.29, 0.717) is 19.0 Å². The maximum absolute atomic E-state index is 14.1. The first kappa shape index (κ1) is 19.3. The Hall–Kier alpha value is -2.06. The maximum Gasteiger partial charge on any atom is 0.191 e. The molecule has 2 N–H and O–H groups in total. The average molecular weight is 367 g/mol. The molecule has 0 saturated carbocycles. The van der Waals surface area contributed by atoms with Gasteiger partial charge in [-0.15, -0.1) is 11.3 Å². The Morgan fingerprint density at radius 2 is 1.96 bits per heavy atom. The van der Waals surface area contributed by atoms with E-state index in [1.165, 1.54) is 18.2 Å². The Morgan fingerprint density at radius 3 is 2.48 bits per heavy atom. The molecule has 5 nitrogen and oxygen atoms in total. The quantitative estimate of drug-likeness (QED) is 0.609. The van der Waals surface area contributed by atoms with Gasteiger partial charge in [0.25, 0.3) is 0 Å². The van der Waals surface area contributed by atoms with Crippen LogP contribution in [0.4, 0.5) is 8.78 Å². The smallest absolute Gasteiger partial charge is 0.191 e. The molecule has 0 fully saturated rings.